The molecule has 0 fully saturated rings. The van der Waals surface area contributed by atoms with Gasteiger partial charge in [-0.15, -0.1) is 0 Å². The number of hydrogen-bond acceptors (Lipinski definition) is 5. The first kappa shape index (κ1) is 17.9. The highest BCUT2D eigenvalue weighted by Gasteiger charge is 2.02. The van der Waals surface area contributed by atoms with Crippen LogP contribution >= 0.6 is 11.6 Å². The fraction of sp³-hybridized carbons (Fsp3) is 0.150. The molecule has 0 aliphatic carbocycles. The number of ketones is 1. The van der Waals surface area contributed by atoms with Crippen LogP contribution < -0.4 is 10.6 Å². The van der Waals surface area contributed by atoms with Crippen LogP contribution in [0.5, 0.6) is 0 Å². The molecule has 0 bridgehead atoms. The Morgan fingerprint density at radius 2 is 1.77 bits per heavy atom. The van der Waals surface area contributed by atoms with Gasteiger partial charge < -0.3 is 10.6 Å². The van der Waals surface area contributed by atoms with E-state index in [-0.39, 0.29) is 5.78 Å². The lowest BCUT2D eigenvalue weighted by atomic mass is 10.1. The smallest absolute Gasteiger partial charge is 0.229 e. The number of anilines is 3. The Labute approximate surface area is 157 Å². The summed E-state index contributed by atoms with van der Waals surface area (Å²) in [6, 6.07) is 16.9. The van der Waals surface area contributed by atoms with Gasteiger partial charge in [0, 0.05) is 29.0 Å². The van der Waals surface area contributed by atoms with Crippen LogP contribution in [0.25, 0.3) is 0 Å². The Hall–Kier alpha value is -2.92. The third-order valence-electron chi connectivity index (χ3n) is 3.84. The molecule has 26 heavy (non-hydrogen) atoms. The maximum absolute atomic E-state index is 11.3. The highest BCUT2D eigenvalue weighted by Crippen LogP contribution is 2.16. The molecule has 2 N–H and O–H groups in total. The summed E-state index contributed by atoms with van der Waals surface area (Å²) in [4.78, 5) is 20.0. The second-order valence-corrected chi connectivity index (χ2v) is 6.26. The normalized spacial score (nSPS) is 10.4. The minimum Gasteiger partial charge on any atom is -0.370 e. The van der Waals surface area contributed by atoms with Crippen LogP contribution in [0.3, 0.4) is 0 Å². The molecule has 3 rings (SSSR count). The van der Waals surface area contributed by atoms with Crippen molar-refractivity contribution < 1.29 is 4.79 Å². The topological polar surface area (TPSA) is 66.9 Å². The standard InChI is InChI=1S/C20H19ClN4O/c1-14(26)16-4-8-18(9-5-16)24-20-23-13-11-19(25-20)22-12-10-15-2-6-17(21)7-3-15/h2-9,11,13H,10,12H2,1H3,(H2,22,23,24,25). The van der Waals surface area contributed by atoms with Gasteiger partial charge in [-0.05, 0) is 61.4 Å². The number of Topliss-reactive ketones (excluding diaryl/α,β-unsaturated/α-hetero) is 1. The number of rotatable bonds is 7. The molecule has 0 amide bonds. The van der Waals surface area contributed by atoms with E-state index < -0.39 is 0 Å². The van der Waals surface area contributed by atoms with E-state index in [9.17, 15) is 4.79 Å². The lowest BCUT2D eigenvalue weighted by molar-refractivity contribution is 0.101. The minimum atomic E-state index is 0.0414. The average Bonchev–Trinajstić information content (AvgIpc) is 2.64. The second-order valence-electron chi connectivity index (χ2n) is 5.83. The molecule has 132 valence electrons. The molecule has 5 nitrogen and oxygen atoms in total. The molecule has 0 unspecified atom stereocenters. The Kier molecular flexibility index (Phi) is 5.81. The molecule has 0 aliphatic rings. The van der Waals surface area contributed by atoms with Crippen LogP contribution in [0.4, 0.5) is 17.5 Å². The Balaban J connectivity index is 1.57. The van der Waals surface area contributed by atoms with E-state index in [2.05, 4.69) is 20.6 Å². The zero-order chi connectivity index (χ0) is 18.4. The predicted molar refractivity (Wildman–Crippen MR) is 105 cm³/mol. The first-order chi connectivity index (χ1) is 12.6. The van der Waals surface area contributed by atoms with E-state index in [4.69, 9.17) is 11.6 Å². The van der Waals surface area contributed by atoms with Gasteiger partial charge in [-0.1, -0.05) is 23.7 Å². The summed E-state index contributed by atoms with van der Waals surface area (Å²) in [5.74, 6) is 1.29. The number of halogens is 1. The summed E-state index contributed by atoms with van der Waals surface area (Å²) in [6.07, 6.45) is 2.57. The highest BCUT2D eigenvalue weighted by atomic mass is 35.5. The van der Waals surface area contributed by atoms with Gasteiger partial charge in [0.2, 0.25) is 5.95 Å². The highest BCUT2D eigenvalue weighted by molar-refractivity contribution is 6.30. The molecule has 0 spiro atoms. The lowest BCUT2D eigenvalue weighted by Gasteiger charge is -2.09. The number of benzene rings is 2. The fourth-order valence-corrected chi connectivity index (χ4v) is 2.55. The summed E-state index contributed by atoms with van der Waals surface area (Å²) >= 11 is 5.89. The minimum absolute atomic E-state index is 0.0414. The van der Waals surface area contributed by atoms with Crippen molar-refractivity contribution in [2.24, 2.45) is 0 Å². The van der Waals surface area contributed by atoms with Crippen molar-refractivity contribution in [1.29, 1.82) is 0 Å². The number of nitrogens with one attached hydrogen (secondary N) is 2. The van der Waals surface area contributed by atoms with Crippen LogP contribution in [0, 0.1) is 0 Å². The Morgan fingerprint density at radius 3 is 2.46 bits per heavy atom. The fourth-order valence-electron chi connectivity index (χ4n) is 2.42. The van der Waals surface area contributed by atoms with Crippen molar-refractivity contribution in [2.75, 3.05) is 17.2 Å². The second kappa shape index (κ2) is 8.45. The van der Waals surface area contributed by atoms with Gasteiger partial charge in [0.25, 0.3) is 0 Å². The van der Waals surface area contributed by atoms with Crippen LogP contribution in [0.15, 0.2) is 60.8 Å². The third-order valence-corrected chi connectivity index (χ3v) is 4.09. The van der Waals surface area contributed by atoms with Crippen LogP contribution in [0.2, 0.25) is 5.02 Å². The van der Waals surface area contributed by atoms with Crippen LogP contribution in [-0.2, 0) is 6.42 Å². The Bertz CT molecular complexity index is 879. The van der Waals surface area contributed by atoms with Crippen molar-refractivity contribution >= 4 is 34.8 Å². The summed E-state index contributed by atoms with van der Waals surface area (Å²) in [5, 5.41) is 7.17. The van der Waals surface area contributed by atoms with E-state index >= 15 is 0 Å². The molecule has 1 aromatic heterocycles. The summed E-state index contributed by atoms with van der Waals surface area (Å²) in [7, 11) is 0. The van der Waals surface area contributed by atoms with Gasteiger partial charge in [-0.3, -0.25) is 4.79 Å². The molecule has 2 aromatic carbocycles. The van der Waals surface area contributed by atoms with Crippen molar-refractivity contribution in [2.45, 2.75) is 13.3 Å². The van der Waals surface area contributed by atoms with E-state index in [0.29, 0.717) is 11.5 Å². The molecule has 3 aromatic rings. The van der Waals surface area contributed by atoms with E-state index in [1.54, 1.807) is 25.3 Å². The predicted octanol–water partition coefficient (Wildman–Crippen LogP) is 4.73. The van der Waals surface area contributed by atoms with Gasteiger partial charge in [0.05, 0.1) is 0 Å². The maximum Gasteiger partial charge on any atom is 0.229 e. The average molecular weight is 367 g/mol. The first-order valence-electron chi connectivity index (χ1n) is 8.29. The lowest BCUT2D eigenvalue weighted by Crippen LogP contribution is -2.07. The number of nitrogens with zero attached hydrogens (tertiary/aromatic N) is 2. The third kappa shape index (κ3) is 5.04. The first-order valence-corrected chi connectivity index (χ1v) is 8.67. The van der Waals surface area contributed by atoms with Gasteiger partial charge >= 0.3 is 0 Å². The van der Waals surface area contributed by atoms with Gasteiger partial charge in [0.1, 0.15) is 5.82 Å². The van der Waals surface area contributed by atoms with Gasteiger partial charge in [0.15, 0.2) is 5.78 Å². The van der Waals surface area contributed by atoms with Gasteiger partial charge in [-0.2, -0.15) is 4.98 Å². The van der Waals surface area contributed by atoms with Gasteiger partial charge in [-0.25, -0.2) is 4.98 Å². The SMILES string of the molecule is CC(=O)c1ccc(Nc2nccc(NCCc3ccc(Cl)cc3)n2)cc1. The summed E-state index contributed by atoms with van der Waals surface area (Å²) in [5.41, 5.74) is 2.71. The molecule has 0 aliphatic heterocycles. The molecule has 0 radical (unpaired) electrons. The van der Waals surface area contributed by atoms with Crippen molar-refractivity contribution in [3.63, 3.8) is 0 Å². The van der Waals surface area contributed by atoms with Crippen molar-refractivity contribution in [1.82, 2.24) is 9.97 Å². The monoisotopic (exact) mass is 366 g/mol. The van der Waals surface area contributed by atoms with E-state index in [1.165, 1.54) is 5.56 Å². The Morgan fingerprint density at radius 1 is 1.04 bits per heavy atom. The maximum atomic E-state index is 11.3. The van der Waals surface area contributed by atoms with Crippen LogP contribution in [-0.4, -0.2) is 22.3 Å². The van der Waals surface area contributed by atoms with Crippen molar-refractivity contribution in [3.8, 4) is 0 Å². The molecule has 1 heterocycles. The van der Waals surface area contributed by atoms with Crippen molar-refractivity contribution in [3.05, 3.63) is 76.9 Å². The van der Waals surface area contributed by atoms with Crippen LogP contribution in [0.1, 0.15) is 22.8 Å². The quantitative estimate of drug-likeness (QED) is 0.591. The number of carbonyl (C=O) groups excluding carboxylic acids is 1. The number of carbonyl (C=O) groups is 1. The largest absolute Gasteiger partial charge is 0.370 e. The molecule has 0 saturated heterocycles. The zero-order valence-electron chi connectivity index (χ0n) is 14.4. The number of aromatic nitrogens is 2. The zero-order valence-corrected chi connectivity index (χ0v) is 15.1. The number of hydrogen-bond donors (Lipinski definition) is 2. The summed E-state index contributed by atoms with van der Waals surface area (Å²) < 4.78 is 0. The summed E-state index contributed by atoms with van der Waals surface area (Å²) in [6.45, 7) is 2.30. The van der Waals surface area contributed by atoms with E-state index in [1.807, 2.05) is 42.5 Å². The molecular formula is C20H19ClN4O. The molecule has 0 saturated carbocycles. The molecule has 6 heteroatoms. The van der Waals surface area contributed by atoms with E-state index in [0.717, 1.165) is 29.5 Å². The molecular weight excluding hydrogens is 348 g/mol. The molecule has 0 atom stereocenters.